The van der Waals surface area contributed by atoms with Crippen molar-refractivity contribution in [3.8, 4) is 0 Å². The average molecular weight is 372 g/mol. The molecule has 1 fully saturated rings. The minimum Gasteiger partial charge on any atom is -0.351 e. The summed E-state index contributed by atoms with van der Waals surface area (Å²) in [6.07, 6.45) is 2.37. The van der Waals surface area contributed by atoms with Gasteiger partial charge in [-0.05, 0) is 50.0 Å². The van der Waals surface area contributed by atoms with Gasteiger partial charge in [-0.3, -0.25) is 9.59 Å². The van der Waals surface area contributed by atoms with Crippen molar-refractivity contribution in [2.75, 3.05) is 20.1 Å². The lowest BCUT2D eigenvalue weighted by atomic mass is 10.0. The van der Waals surface area contributed by atoms with Gasteiger partial charge in [0.05, 0.1) is 4.88 Å². The van der Waals surface area contributed by atoms with Crippen molar-refractivity contribution in [3.63, 3.8) is 0 Å². The zero-order valence-corrected chi connectivity index (χ0v) is 15.8. The molecule has 1 aliphatic heterocycles. The summed E-state index contributed by atoms with van der Waals surface area (Å²) in [5.74, 6) is -0.298. The maximum atomic E-state index is 12.9. The Hall–Kier alpha value is -2.18. The highest BCUT2D eigenvalue weighted by molar-refractivity contribution is 7.12. The molecule has 0 spiro atoms. The van der Waals surface area contributed by atoms with Crippen LogP contribution in [0.2, 0.25) is 0 Å². The van der Waals surface area contributed by atoms with Gasteiger partial charge in [0.25, 0.3) is 5.91 Å². The number of hydrogen-bond donors (Lipinski definition) is 2. The van der Waals surface area contributed by atoms with Crippen LogP contribution < -0.4 is 10.6 Å². The maximum absolute atomic E-state index is 12.9. The molecule has 0 aliphatic carbocycles. The summed E-state index contributed by atoms with van der Waals surface area (Å²) in [7, 11) is 2.09. The molecule has 2 N–H and O–H groups in total. The van der Waals surface area contributed by atoms with Crippen molar-refractivity contribution in [1.82, 2.24) is 15.5 Å². The van der Waals surface area contributed by atoms with E-state index in [0.717, 1.165) is 31.5 Å². The van der Waals surface area contributed by atoms with Crippen molar-refractivity contribution in [3.05, 3.63) is 58.3 Å². The fourth-order valence-electron chi connectivity index (χ4n) is 3.15. The number of hydrogen-bond acceptors (Lipinski definition) is 4. The number of carbonyl (C=O) groups is 2. The van der Waals surface area contributed by atoms with Gasteiger partial charge in [-0.25, -0.2) is 0 Å². The van der Waals surface area contributed by atoms with Crippen molar-refractivity contribution < 1.29 is 9.59 Å². The molecule has 6 heteroatoms. The lowest BCUT2D eigenvalue weighted by Gasteiger charge is -2.30. The molecule has 1 aliphatic rings. The zero-order valence-electron chi connectivity index (χ0n) is 15.0. The summed E-state index contributed by atoms with van der Waals surface area (Å²) in [5.41, 5.74) is 1.03. The van der Waals surface area contributed by atoms with Crippen LogP contribution in [0, 0.1) is 0 Å². The largest absolute Gasteiger partial charge is 0.351 e. The number of amides is 2. The van der Waals surface area contributed by atoms with E-state index >= 15 is 0 Å². The van der Waals surface area contributed by atoms with E-state index in [1.54, 1.807) is 6.07 Å². The monoisotopic (exact) mass is 371 g/mol. The first-order valence-electron chi connectivity index (χ1n) is 8.99. The number of nitrogens with one attached hydrogen (secondary N) is 2. The Kier molecular flexibility index (Phi) is 6.41. The van der Waals surface area contributed by atoms with Crippen LogP contribution in [0.4, 0.5) is 0 Å². The molecule has 1 saturated heterocycles. The fourth-order valence-corrected chi connectivity index (χ4v) is 3.78. The Balaban J connectivity index is 1.67. The number of carbonyl (C=O) groups excluding carboxylic acids is 2. The van der Waals surface area contributed by atoms with Gasteiger partial charge < -0.3 is 15.5 Å². The second kappa shape index (κ2) is 8.96. The molecule has 1 atom stereocenters. The van der Waals surface area contributed by atoms with Crippen molar-refractivity contribution in [1.29, 1.82) is 0 Å². The summed E-state index contributed by atoms with van der Waals surface area (Å²) in [4.78, 5) is 28.2. The summed E-state index contributed by atoms with van der Waals surface area (Å²) < 4.78 is 0. The van der Waals surface area contributed by atoms with Crippen LogP contribution in [-0.4, -0.2) is 48.9 Å². The van der Waals surface area contributed by atoms with Crippen LogP contribution in [0.25, 0.3) is 0 Å². The van der Waals surface area contributed by atoms with E-state index in [9.17, 15) is 9.59 Å². The first kappa shape index (κ1) is 18.6. The SMILES string of the molecule is CN1CCC(NC(=O)C(Cc2ccccc2)NC(=O)c2cccs2)CC1. The second-order valence-corrected chi connectivity index (χ2v) is 7.73. The second-order valence-electron chi connectivity index (χ2n) is 6.78. The molecule has 0 radical (unpaired) electrons. The molecular formula is C20H25N3O2S. The van der Waals surface area contributed by atoms with E-state index < -0.39 is 6.04 Å². The van der Waals surface area contributed by atoms with Crippen molar-refractivity contribution in [2.24, 2.45) is 0 Å². The van der Waals surface area contributed by atoms with E-state index in [4.69, 9.17) is 0 Å². The van der Waals surface area contributed by atoms with Gasteiger partial charge in [-0.2, -0.15) is 0 Å². The Bertz CT molecular complexity index is 710. The molecule has 26 heavy (non-hydrogen) atoms. The molecule has 138 valence electrons. The minimum atomic E-state index is -0.577. The van der Waals surface area contributed by atoms with E-state index in [0.29, 0.717) is 11.3 Å². The molecule has 2 heterocycles. The number of nitrogens with zero attached hydrogens (tertiary/aromatic N) is 1. The molecular weight excluding hydrogens is 346 g/mol. The third-order valence-electron chi connectivity index (χ3n) is 4.71. The summed E-state index contributed by atoms with van der Waals surface area (Å²) in [6, 6.07) is 13.0. The zero-order chi connectivity index (χ0) is 18.4. The van der Waals surface area contributed by atoms with Gasteiger partial charge in [-0.1, -0.05) is 36.4 Å². The van der Waals surface area contributed by atoms with Crippen LogP contribution >= 0.6 is 11.3 Å². The Morgan fingerprint density at radius 1 is 1.15 bits per heavy atom. The van der Waals surface area contributed by atoms with E-state index in [-0.39, 0.29) is 17.9 Å². The fraction of sp³-hybridized carbons (Fsp3) is 0.400. The van der Waals surface area contributed by atoms with Gasteiger partial charge in [0, 0.05) is 12.5 Å². The summed E-state index contributed by atoms with van der Waals surface area (Å²) in [6.45, 7) is 1.96. The van der Waals surface area contributed by atoms with Crippen LogP contribution in [0.1, 0.15) is 28.1 Å². The van der Waals surface area contributed by atoms with Crippen LogP contribution in [-0.2, 0) is 11.2 Å². The molecule has 1 aromatic carbocycles. The number of likely N-dealkylation sites (tertiary alicyclic amines) is 1. The molecule has 1 aromatic heterocycles. The normalized spacial score (nSPS) is 16.8. The van der Waals surface area contributed by atoms with Crippen LogP contribution in [0.15, 0.2) is 47.8 Å². The topological polar surface area (TPSA) is 61.4 Å². The lowest BCUT2D eigenvalue weighted by molar-refractivity contribution is -0.124. The predicted octanol–water partition coefficient (Wildman–Crippen LogP) is 2.30. The molecule has 2 amide bonds. The first-order valence-corrected chi connectivity index (χ1v) is 9.87. The molecule has 1 unspecified atom stereocenters. The van der Waals surface area contributed by atoms with Gasteiger partial charge in [0.2, 0.25) is 5.91 Å². The Labute approximate surface area is 158 Å². The predicted molar refractivity (Wildman–Crippen MR) is 104 cm³/mol. The number of thiophene rings is 1. The molecule has 3 rings (SSSR count). The highest BCUT2D eigenvalue weighted by atomic mass is 32.1. The number of benzene rings is 1. The quantitative estimate of drug-likeness (QED) is 0.819. The highest BCUT2D eigenvalue weighted by Crippen LogP contribution is 2.12. The standard InChI is InChI=1S/C20H25N3O2S/c1-23-11-9-16(10-12-23)21-19(24)17(14-15-6-3-2-4-7-15)22-20(25)18-8-5-13-26-18/h2-8,13,16-17H,9-12,14H2,1H3,(H,21,24)(H,22,25). The van der Waals surface area contributed by atoms with Crippen molar-refractivity contribution >= 4 is 23.2 Å². The van der Waals surface area contributed by atoms with Crippen LogP contribution in [0.3, 0.4) is 0 Å². The van der Waals surface area contributed by atoms with Gasteiger partial charge in [-0.15, -0.1) is 11.3 Å². The van der Waals surface area contributed by atoms with E-state index in [1.807, 2.05) is 41.8 Å². The first-order chi connectivity index (χ1) is 12.6. The van der Waals surface area contributed by atoms with Gasteiger partial charge >= 0.3 is 0 Å². The molecule has 0 saturated carbocycles. The smallest absolute Gasteiger partial charge is 0.262 e. The van der Waals surface area contributed by atoms with Crippen LogP contribution in [0.5, 0.6) is 0 Å². The third-order valence-corrected chi connectivity index (χ3v) is 5.58. The third kappa shape index (κ3) is 5.16. The molecule has 5 nitrogen and oxygen atoms in total. The van der Waals surface area contributed by atoms with E-state index in [1.165, 1.54) is 11.3 Å². The number of piperidine rings is 1. The summed E-state index contributed by atoms with van der Waals surface area (Å²) in [5, 5.41) is 7.91. The Morgan fingerprint density at radius 2 is 1.88 bits per heavy atom. The number of rotatable bonds is 6. The summed E-state index contributed by atoms with van der Waals surface area (Å²) >= 11 is 1.38. The average Bonchev–Trinajstić information content (AvgIpc) is 3.19. The van der Waals surface area contributed by atoms with Gasteiger partial charge in [0.1, 0.15) is 6.04 Å². The Morgan fingerprint density at radius 3 is 2.54 bits per heavy atom. The minimum absolute atomic E-state index is 0.103. The van der Waals surface area contributed by atoms with Crippen molar-refractivity contribution in [2.45, 2.75) is 31.3 Å². The maximum Gasteiger partial charge on any atom is 0.262 e. The highest BCUT2D eigenvalue weighted by Gasteiger charge is 2.26. The molecule has 0 bridgehead atoms. The molecule has 2 aromatic rings. The lowest BCUT2D eigenvalue weighted by Crippen LogP contribution is -2.52. The van der Waals surface area contributed by atoms with Gasteiger partial charge in [0.15, 0.2) is 0 Å². The van der Waals surface area contributed by atoms with E-state index in [2.05, 4.69) is 22.6 Å².